The van der Waals surface area contributed by atoms with E-state index in [9.17, 15) is 4.79 Å². The van der Waals surface area contributed by atoms with E-state index in [0.29, 0.717) is 18.3 Å². The van der Waals surface area contributed by atoms with Crippen LogP contribution in [0.4, 0.5) is 0 Å². The molecule has 1 atom stereocenters. The monoisotopic (exact) mass is 341 g/mol. The number of aromatic nitrogens is 2. The zero-order chi connectivity index (χ0) is 17.1. The van der Waals surface area contributed by atoms with E-state index in [4.69, 9.17) is 9.26 Å². The van der Waals surface area contributed by atoms with Crippen molar-refractivity contribution in [2.45, 2.75) is 51.4 Å². The fourth-order valence-electron chi connectivity index (χ4n) is 3.32. The minimum absolute atomic E-state index is 0.0477. The van der Waals surface area contributed by atoms with Crippen molar-refractivity contribution >= 4 is 5.91 Å². The molecule has 1 saturated heterocycles. The summed E-state index contributed by atoms with van der Waals surface area (Å²) in [4.78, 5) is 18.9. The summed E-state index contributed by atoms with van der Waals surface area (Å²) in [6.45, 7) is 1.59. The van der Waals surface area contributed by atoms with Crippen LogP contribution in [0.2, 0.25) is 0 Å². The Hall–Kier alpha value is -2.21. The number of likely N-dealkylation sites (tertiary alicyclic amines) is 1. The lowest BCUT2D eigenvalue weighted by molar-refractivity contribution is -0.136. The highest BCUT2D eigenvalue weighted by molar-refractivity contribution is 5.81. The van der Waals surface area contributed by atoms with Crippen molar-refractivity contribution in [2.75, 3.05) is 6.54 Å². The van der Waals surface area contributed by atoms with E-state index in [1.165, 1.54) is 0 Å². The van der Waals surface area contributed by atoms with Crippen LogP contribution in [0.3, 0.4) is 0 Å². The van der Waals surface area contributed by atoms with Gasteiger partial charge in [-0.25, -0.2) is 0 Å². The van der Waals surface area contributed by atoms with Crippen molar-refractivity contribution in [3.05, 3.63) is 47.6 Å². The van der Waals surface area contributed by atoms with Gasteiger partial charge in [0.15, 0.2) is 5.82 Å². The Labute approximate surface area is 147 Å². The van der Waals surface area contributed by atoms with Gasteiger partial charge in [-0.15, -0.1) is 0 Å². The van der Waals surface area contributed by atoms with Gasteiger partial charge in [0, 0.05) is 12.5 Å². The van der Waals surface area contributed by atoms with Gasteiger partial charge in [-0.1, -0.05) is 35.5 Å². The number of piperidine rings is 1. The summed E-state index contributed by atoms with van der Waals surface area (Å²) in [5, 5.41) is 4.12. The summed E-state index contributed by atoms with van der Waals surface area (Å²) in [7, 11) is 0. The molecule has 6 heteroatoms. The minimum atomic E-state index is -0.0477. The third-order valence-electron chi connectivity index (χ3n) is 4.83. The molecule has 2 heterocycles. The Morgan fingerprint density at radius 3 is 2.80 bits per heavy atom. The van der Waals surface area contributed by atoms with Crippen LogP contribution in [-0.2, 0) is 22.7 Å². The number of benzene rings is 1. The van der Waals surface area contributed by atoms with Crippen molar-refractivity contribution in [2.24, 2.45) is 5.92 Å². The average molecular weight is 341 g/mol. The van der Waals surface area contributed by atoms with Crippen LogP contribution in [0.5, 0.6) is 0 Å². The molecule has 1 amide bonds. The quantitative estimate of drug-likeness (QED) is 0.807. The van der Waals surface area contributed by atoms with E-state index in [1.54, 1.807) is 0 Å². The summed E-state index contributed by atoms with van der Waals surface area (Å²) in [6, 6.07) is 9.93. The first-order chi connectivity index (χ1) is 12.3. The second kappa shape index (κ2) is 7.35. The lowest BCUT2D eigenvalue weighted by Crippen LogP contribution is -2.39. The lowest BCUT2D eigenvalue weighted by atomic mass is 10.0. The van der Waals surface area contributed by atoms with E-state index >= 15 is 0 Å². The van der Waals surface area contributed by atoms with Gasteiger partial charge >= 0.3 is 0 Å². The summed E-state index contributed by atoms with van der Waals surface area (Å²) in [5.41, 5.74) is 1.11. The second-order valence-corrected chi connectivity index (χ2v) is 6.84. The standard InChI is InChI=1S/C19H23N3O3/c23-19(15-9-10-15)22-11-5-4-8-16(22)18-20-17(25-21-18)13-24-12-14-6-2-1-3-7-14/h1-3,6-7,15-16H,4-5,8-13H2. The van der Waals surface area contributed by atoms with Crippen molar-refractivity contribution in [1.29, 1.82) is 0 Å². The van der Waals surface area contributed by atoms with Gasteiger partial charge in [-0.05, 0) is 37.7 Å². The fraction of sp³-hybridized carbons (Fsp3) is 0.526. The van der Waals surface area contributed by atoms with Crippen molar-refractivity contribution in [1.82, 2.24) is 15.0 Å². The molecule has 132 valence electrons. The van der Waals surface area contributed by atoms with Crippen LogP contribution in [0.1, 0.15) is 55.4 Å². The molecular weight excluding hydrogens is 318 g/mol. The van der Waals surface area contributed by atoms with Gasteiger partial charge in [-0.3, -0.25) is 4.79 Å². The maximum atomic E-state index is 12.5. The third-order valence-corrected chi connectivity index (χ3v) is 4.83. The molecule has 0 spiro atoms. The Morgan fingerprint density at radius 2 is 2.00 bits per heavy atom. The molecule has 2 aromatic rings. The highest BCUT2D eigenvalue weighted by Gasteiger charge is 2.39. The van der Waals surface area contributed by atoms with Gasteiger partial charge < -0.3 is 14.2 Å². The predicted molar refractivity (Wildman–Crippen MR) is 90.3 cm³/mol. The molecular formula is C19H23N3O3. The van der Waals surface area contributed by atoms with E-state index in [2.05, 4.69) is 10.1 Å². The normalized spacial score (nSPS) is 20.6. The van der Waals surface area contributed by atoms with E-state index in [0.717, 1.165) is 44.2 Å². The minimum Gasteiger partial charge on any atom is -0.367 e. The summed E-state index contributed by atoms with van der Waals surface area (Å²) in [6.07, 6.45) is 5.09. The van der Waals surface area contributed by atoms with E-state index in [-0.39, 0.29) is 24.5 Å². The van der Waals surface area contributed by atoms with Gasteiger partial charge in [0.1, 0.15) is 6.61 Å². The zero-order valence-electron chi connectivity index (χ0n) is 14.3. The number of ether oxygens (including phenoxy) is 1. The number of hydrogen-bond acceptors (Lipinski definition) is 5. The van der Waals surface area contributed by atoms with Crippen LogP contribution < -0.4 is 0 Å². The molecule has 1 saturated carbocycles. The van der Waals surface area contributed by atoms with Crippen LogP contribution >= 0.6 is 0 Å². The Balaban J connectivity index is 1.36. The summed E-state index contributed by atoms with van der Waals surface area (Å²) in [5.74, 6) is 1.57. The molecule has 4 rings (SSSR count). The fourth-order valence-corrected chi connectivity index (χ4v) is 3.32. The average Bonchev–Trinajstić information content (AvgIpc) is 3.41. The predicted octanol–water partition coefficient (Wildman–Crippen LogP) is 3.25. The molecule has 0 radical (unpaired) electrons. The van der Waals surface area contributed by atoms with Gasteiger partial charge in [-0.2, -0.15) is 4.98 Å². The molecule has 1 unspecified atom stereocenters. The Morgan fingerprint density at radius 1 is 1.16 bits per heavy atom. The maximum absolute atomic E-state index is 12.5. The molecule has 1 aromatic heterocycles. The molecule has 25 heavy (non-hydrogen) atoms. The molecule has 0 N–H and O–H groups in total. The number of hydrogen-bond donors (Lipinski definition) is 0. The first-order valence-corrected chi connectivity index (χ1v) is 9.06. The largest absolute Gasteiger partial charge is 0.367 e. The van der Waals surface area contributed by atoms with Crippen LogP contribution in [0.15, 0.2) is 34.9 Å². The van der Waals surface area contributed by atoms with E-state index in [1.807, 2.05) is 35.2 Å². The first-order valence-electron chi connectivity index (χ1n) is 9.06. The first kappa shape index (κ1) is 16.3. The third kappa shape index (κ3) is 3.90. The molecule has 0 bridgehead atoms. The molecule has 1 aromatic carbocycles. The molecule has 6 nitrogen and oxygen atoms in total. The number of rotatable bonds is 6. The van der Waals surface area contributed by atoms with E-state index < -0.39 is 0 Å². The molecule has 2 aliphatic rings. The Kier molecular flexibility index (Phi) is 4.78. The van der Waals surface area contributed by atoms with Gasteiger partial charge in [0.25, 0.3) is 5.89 Å². The molecule has 1 aliphatic heterocycles. The lowest BCUT2D eigenvalue weighted by Gasteiger charge is -2.33. The van der Waals surface area contributed by atoms with Crippen molar-refractivity contribution < 1.29 is 14.1 Å². The molecule has 2 fully saturated rings. The van der Waals surface area contributed by atoms with Crippen molar-refractivity contribution in [3.63, 3.8) is 0 Å². The topological polar surface area (TPSA) is 68.5 Å². The Bertz CT molecular complexity index is 712. The molecule has 1 aliphatic carbocycles. The highest BCUT2D eigenvalue weighted by Crippen LogP contribution is 2.37. The van der Waals surface area contributed by atoms with Crippen LogP contribution in [-0.4, -0.2) is 27.5 Å². The zero-order valence-corrected chi connectivity index (χ0v) is 14.3. The van der Waals surface area contributed by atoms with Gasteiger partial charge in [0.2, 0.25) is 5.91 Å². The summed E-state index contributed by atoms with van der Waals surface area (Å²) >= 11 is 0. The number of carbonyl (C=O) groups excluding carboxylic acids is 1. The smallest absolute Gasteiger partial charge is 0.252 e. The maximum Gasteiger partial charge on any atom is 0.252 e. The summed E-state index contributed by atoms with van der Waals surface area (Å²) < 4.78 is 11.0. The SMILES string of the molecule is O=C(C1CC1)N1CCCCC1c1noc(COCc2ccccc2)n1. The van der Waals surface area contributed by atoms with Crippen LogP contribution in [0.25, 0.3) is 0 Å². The highest BCUT2D eigenvalue weighted by atomic mass is 16.5. The number of nitrogens with zero attached hydrogens (tertiary/aromatic N) is 3. The number of carbonyl (C=O) groups is 1. The van der Waals surface area contributed by atoms with Crippen LogP contribution in [0, 0.1) is 5.92 Å². The van der Waals surface area contributed by atoms with Gasteiger partial charge in [0.05, 0.1) is 12.6 Å². The van der Waals surface area contributed by atoms with Crippen molar-refractivity contribution in [3.8, 4) is 0 Å². The number of amides is 1. The second-order valence-electron chi connectivity index (χ2n) is 6.84.